The second-order valence-electron chi connectivity index (χ2n) is 2.44. The summed E-state index contributed by atoms with van der Waals surface area (Å²) in [6, 6.07) is 2.98. The van der Waals surface area contributed by atoms with Crippen LogP contribution in [0.3, 0.4) is 0 Å². The van der Waals surface area contributed by atoms with Gasteiger partial charge in [-0.25, -0.2) is 0 Å². The van der Waals surface area contributed by atoms with E-state index in [1.165, 1.54) is 12.1 Å². The van der Waals surface area contributed by atoms with Crippen molar-refractivity contribution in [1.29, 1.82) is 0 Å². The third kappa shape index (κ3) is 2.76. The van der Waals surface area contributed by atoms with E-state index in [0.29, 0.717) is 5.56 Å². The van der Waals surface area contributed by atoms with E-state index in [2.05, 4.69) is 0 Å². The Balaban J connectivity index is 3.06. The predicted molar refractivity (Wildman–Crippen MR) is 52.8 cm³/mol. The van der Waals surface area contributed by atoms with E-state index < -0.39 is 5.97 Å². The molecule has 1 rings (SSSR count). The molecular weight excluding hydrogens is 234 g/mol. The number of benzene rings is 1. The summed E-state index contributed by atoms with van der Waals surface area (Å²) in [4.78, 5) is 10.4. The molecule has 0 aliphatic carbocycles. The van der Waals surface area contributed by atoms with Crippen molar-refractivity contribution in [3.63, 3.8) is 0 Å². The number of halogens is 3. The number of hydrogen-bond donors (Lipinski definition) is 1. The molecule has 0 saturated carbocycles. The van der Waals surface area contributed by atoms with Gasteiger partial charge in [-0.1, -0.05) is 34.8 Å². The summed E-state index contributed by atoms with van der Waals surface area (Å²) in [7, 11) is 0. The van der Waals surface area contributed by atoms with Gasteiger partial charge >= 0.3 is 5.97 Å². The van der Waals surface area contributed by atoms with Crippen LogP contribution < -0.4 is 0 Å². The Bertz CT molecular complexity index is 326. The van der Waals surface area contributed by atoms with Crippen molar-refractivity contribution in [3.05, 3.63) is 32.8 Å². The quantitative estimate of drug-likeness (QED) is 0.804. The van der Waals surface area contributed by atoms with Gasteiger partial charge in [-0.2, -0.15) is 0 Å². The number of aliphatic carboxylic acids is 1. The molecule has 1 aromatic rings. The molecule has 13 heavy (non-hydrogen) atoms. The molecule has 0 aliphatic heterocycles. The normalized spacial score (nSPS) is 10.1. The van der Waals surface area contributed by atoms with Gasteiger partial charge in [0.25, 0.3) is 0 Å². The van der Waals surface area contributed by atoms with Crippen LogP contribution in [-0.2, 0) is 11.2 Å². The van der Waals surface area contributed by atoms with Crippen LogP contribution in [0, 0.1) is 0 Å². The van der Waals surface area contributed by atoms with Crippen LogP contribution in [0.25, 0.3) is 0 Å². The maximum Gasteiger partial charge on any atom is 0.307 e. The molecule has 0 unspecified atom stereocenters. The van der Waals surface area contributed by atoms with E-state index in [0.717, 1.165) is 0 Å². The number of carbonyl (C=O) groups is 1. The Morgan fingerprint density at radius 3 is 2.08 bits per heavy atom. The zero-order valence-corrected chi connectivity index (χ0v) is 8.62. The van der Waals surface area contributed by atoms with Gasteiger partial charge in [-0.05, 0) is 17.7 Å². The summed E-state index contributed by atoms with van der Waals surface area (Å²) in [5, 5.41) is 9.28. The summed E-state index contributed by atoms with van der Waals surface area (Å²) < 4.78 is 0. The molecule has 0 aliphatic rings. The minimum Gasteiger partial charge on any atom is -0.481 e. The van der Waals surface area contributed by atoms with Crippen LogP contribution in [0.15, 0.2) is 12.1 Å². The third-order valence-electron chi connectivity index (χ3n) is 1.40. The molecular formula is C8H5Cl3O2. The van der Waals surface area contributed by atoms with Gasteiger partial charge in [-0.15, -0.1) is 0 Å². The Morgan fingerprint density at radius 1 is 1.23 bits per heavy atom. The molecule has 0 bridgehead atoms. The molecule has 0 fully saturated rings. The number of carboxylic acids is 1. The molecule has 0 amide bonds. The van der Waals surface area contributed by atoms with Gasteiger partial charge < -0.3 is 5.11 Å². The fraction of sp³-hybridized carbons (Fsp3) is 0.125. The summed E-state index contributed by atoms with van der Waals surface area (Å²) in [5.74, 6) is -0.936. The van der Waals surface area contributed by atoms with E-state index in [9.17, 15) is 4.79 Å². The molecule has 1 N–H and O–H groups in total. The first-order chi connectivity index (χ1) is 6.00. The van der Waals surface area contributed by atoms with E-state index in [4.69, 9.17) is 39.9 Å². The lowest BCUT2D eigenvalue weighted by molar-refractivity contribution is -0.136. The number of hydrogen-bond acceptors (Lipinski definition) is 1. The standard InChI is InChI=1S/C8H5Cl3O2/c9-5-1-4(3-7(12)13)2-6(10)8(5)11/h1-2H,3H2,(H,12,13). The number of rotatable bonds is 2. The second-order valence-corrected chi connectivity index (χ2v) is 3.64. The van der Waals surface area contributed by atoms with E-state index in [1.54, 1.807) is 0 Å². The first kappa shape index (κ1) is 10.6. The topological polar surface area (TPSA) is 37.3 Å². The monoisotopic (exact) mass is 238 g/mol. The molecule has 0 aromatic heterocycles. The summed E-state index contributed by atoms with van der Waals surface area (Å²) in [5.41, 5.74) is 0.534. The van der Waals surface area contributed by atoms with E-state index >= 15 is 0 Å². The van der Waals surface area contributed by atoms with Gasteiger partial charge in [-0.3, -0.25) is 4.79 Å². The number of carboxylic acid groups (broad SMARTS) is 1. The van der Waals surface area contributed by atoms with Crippen molar-refractivity contribution in [2.45, 2.75) is 6.42 Å². The highest BCUT2D eigenvalue weighted by atomic mass is 35.5. The van der Waals surface area contributed by atoms with Crippen LogP contribution in [0.1, 0.15) is 5.56 Å². The highest BCUT2D eigenvalue weighted by molar-refractivity contribution is 6.48. The lowest BCUT2D eigenvalue weighted by Gasteiger charge is -2.02. The molecule has 1 aromatic carbocycles. The first-order valence-corrected chi connectivity index (χ1v) is 4.49. The largest absolute Gasteiger partial charge is 0.481 e. The second kappa shape index (κ2) is 4.18. The Labute approximate surface area is 90.0 Å². The van der Waals surface area contributed by atoms with Gasteiger partial charge in [0.1, 0.15) is 0 Å². The van der Waals surface area contributed by atoms with E-state index in [-0.39, 0.29) is 21.5 Å². The van der Waals surface area contributed by atoms with E-state index in [1.807, 2.05) is 0 Å². The van der Waals surface area contributed by atoms with Crippen molar-refractivity contribution in [2.24, 2.45) is 0 Å². The predicted octanol–water partition coefficient (Wildman–Crippen LogP) is 3.27. The molecule has 5 heteroatoms. The molecule has 70 valence electrons. The first-order valence-electron chi connectivity index (χ1n) is 3.36. The fourth-order valence-electron chi connectivity index (χ4n) is 0.885. The maximum atomic E-state index is 10.4. The smallest absolute Gasteiger partial charge is 0.307 e. The molecule has 2 nitrogen and oxygen atoms in total. The zero-order valence-electron chi connectivity index (χ0n) is 6.35. The van der Waals surface area contributed by atoms with Crippen LogP contribution in [0.5, 0.6) is 0 Å². The van der Waals surface area contributed by atoms with Crippen LogP contribution >= 0.6 is 34.8 Å². The highest BCUT2D eigenvalue weighted by Gasteiger charge is 2.07. The molecule has 0 heterocycles. The maximum absolute atomic E-state index is 10.4. The van der Waals surface area contributed by atoms with Crippen molar-refractivity contribution in [3.8, 4) is 0 Å². The summed E-state index contributed by atoms with van der Waals surface area (Å²) in [6.07, 6.45) is -0.114. The van der Waals surface area contributed by atoms with Crippen LogP contribution in [0.2, 0.25) is 15.1 Å². The van der Waals surface area contributed by atoms with Crippen molar-refractivity contribution < 1.29 is 9.90 Å². The Hall–Kier alpha value is -0.440. The Morgan fingerprint density at radius 2 is 1.69 bits per heavy atom. The summed E-state index contributed by atoms with van der Waals surface area (Å²) in [6.45, 7) is 0. The molecule has 0 spiro atoms. The lowest BCUT2D eigenvalue weighted by atomic mass is 10.1. The average Bonchev–Trinajstić information content (AvgIpc) is 1.98. The fourth-order valence-corrected chi connectivity index (χ4v) is 1.53. The minimum atomic E-state index is -0.936. The van der Waals surface area contributed by atoms with Gasteiger partial charge in [0.05, 0.1) is 21.5 Å². The lowest BCUT2D eigenvalue weighted by Crippen LogP contribution is -1.99. The minimum absolute atomic E-state index is 0.114. The van der Waals surface area contributed by atoms with Gasteiger partial charge in [0.2, 0.25) is 0 Å². The summed E-state index contributed by atoms with van der Waals surface area (Å²) >= 11 is 17.1. The molecule has 0 saturated heterocycles. The van der Waals surface area contributed by atoms with Crippen molar-refractivity contribution >= 4 is 40.8 Å². The Kier molecular flexibility index (Phi) is 3.42. The molecule has 0 atom stereocenters. The van der Waals surface area contributed by atoms with Crippen molar-refractivity contribution in [1.82, 2.24) is 0 Å². The van der Waals surface area contributed by atoms with Crippen molar-refractivity contribution in [2.75, 3.05) is 0 Å². The van der Waals surface area contributed by atoms with Gasteiger partial charge in [0.15, 0.2) is 0 Å². The third-order valence-corrected chi connectivity index (χ3v) is 2.60. The SMILES string of the molecule is O=C(O)Cc1cc(Cl)c(Cl)c(Cl)c1. The zero-order chi connectivity index (χ0) is 10.0. The average molecular weight is 239 g/mol. The highest BCUT2D eigenvalue weighted by Crippen LogP contribution is 2.31. The van der Waals surface area contributed by atoms with Gasteiger partial charge in [0, 0.05) is 0 Å². The van der Waals surface area contributed by atoms with Crippen LogP contribution in [-0.4, -0.2) is 11.1 Å². The van der Waals surface area contributed by atoms with Crippen LogP contribution in [0.4, 0.5) is 0 Å². The molecule has 0 radical (unpaired) electrons.